The Morgan fingerprint density at radius 2 is 1.75 bits per heavy atom. The van der Waals surface area contributed by atoms with Gasteiger partial charge in [0.15, 0.2) is 17.3 Å². The maximum Gasteiger partial charge on any atom is 0.296 e. The largest absolute Gasteiger partial charge is 0.314 e. The number of amides is 1. The van der Waals surface area contributed by atoms with Crippen molar-refractivity contribution in [3.05, 3.63) is 69.8 Å². The molecule has 0 bridgehead atoms. The molecule has 20 heavy (non-hydrogen) atoms. The highest BCUT2D eigenvalue weighted by molar-refractivity contribution is 6.05. The summed E-state index contributed by atoms with van der Waals surface area (Å²) in [5.41, 5.74) is -1.33. The van der Waals surface area contributed by atoms with Crippen LogP contribution in [0.25, 0.3) is 0 Å². The molecule has 0 radical (unpaired) electrons. The minimum atomic E-state index is -1.47. The Balaban J connectivity index is 2.41. The van der Waals surface area contributed by atoms with Gasteiger partial charge in [0.25, 0.3) is 11.6 Å². The Bertz CT molecular complexity index is 675. The maximum atomic E-state index is 13.6. The fourth-order valence-electron chi connectivity index (χ4n) is 1.59. The number of carbonyl (C=O) groups is 1. The van der Waals surface area contributed by atoms with Gasteiger partial charge < -0.3 is 5.32 Å². The first-order chi connectivity index (χ1) is 9.50. The molecular formula is C13H8F2N2O3. The van der Waals surface area contributed by atoms with Gasteiger partial charge in [-0.05, 0) is 18.2 Å². The summed E-state index contributed by atoms with van der Waals surface area (Å²) in [5.74, 6) is -3.51. The smallest absolute Gasteiger partial charge is 0.296 e. The van der Waals surface area contributed by atoms with Crippen LogP contribution in [0, 0.1) is 21.7 Å². The van der Waals surface area contributed by atoms with Crippen molar-refractivity contribution in [2.75, 3.05) is 5.32 Å². The third-order valence-electron chi connectivity index (χ3n) is 2.54. The Morgan fingerprint density at radius 3 is 2.35 bits per heavy atom. The van der Waals surface area contributed by atoms with Crippen molar-refractivity contribution in [2.45, 2.75) is 0 Å². The van der Waals surface area contributed by atoms with E-state index in [1.54, 1.807) is 18.2 Å². The van der Waals surface area contributed by atoms with E-state index in [1.807, 2.05) is 5.32 Å². The van der Waals surface area contributed by atoms with Crippen LogP contribution in [0.1, 0.15) is 10.4 Å². The lowest BCUT2D eigenvalue weighted by Gasteiger charge is -2.07. The number of anilines is 1. The molecule has 2 aromatic carbocycles. The first-order valence-electron chi connectivity index (χ1n) is 5.49. The molecule has 0 aromatic heterocycles. The number of benzene rings is 2. The van der Waals surface area contributed by atoms with Crippen molar-refractivity contribution >= 4 is 17.3 Å². The molecule has 0 aliphatic carbocycles. The van der Waals surface area contributed by atoms with E-state index >= 15 is 0 Å². The van der Waals surface area contributed by atoms with Gasteiger partial charge >= 0.3 is 0 Å². The van der Waals surface area contributed by atoms with Crippen LogP contribution in [0.2, 0.25) is 0 Å². The lowest BCUT2D eigenvalue weighted by Crippen LogP contribution is -2.15. The number of nitro groups is 1. The number of hydrogen-bond donors (Lipinski definition) is 1. The predicted octanol–water partition coefficient (Wildman–Crippen LogP) is 3.13. The molecule has 0 unspecified atom stereocenters. The summed E-state index contributed by atoms with van der Waals surface area (Å²) in [6.07, 6.45) is 0. The van der Waals surface area contributed by atoms with Crippen molar-refractivity contribution in [1.29, 1.82) is 0 Å². The van der Waals surface area contributed by atoms with E-state index in [2.05, 4.69) is 0 Å². The number of nitrogens with zero attached hydrogens (tertiary/aromatic N) is 1. The van der Waals surface area contributed by atoms with Crippen LogP contribution in [0.3, 0.4) is 0 Å². The topological polar surface area (TPSA) is 72.2 Å². The van der Waals surface area contributed by atoms with Gasteiger partial charge in [0.05, 0.1) is 4.92 Å². The van der Waals surface area contributed by atoms with Crippen LogP contribution in [0.15, 0.2) is 42.5 Å². The number of halogens is 2. The summed E-state index contributed by atoms with van der Waals surface area (Å²) in [4.78, 5) is 21.7. The SMILES string of the molecule is O=C(Nc1c([N+](=O)[O-])ccc(F)c1F)c1ccccc1. The van der Waals surface area contributed by atoms with E-state index in [4.69, 9.17) is 0 Å². The van der Waals surface area contributed by atoms with Crippen LogP contribution in [-0.2, 0) is 0 Å². The van der Waals surface area contributed by atoms with E-state index in [-0.39, 0.29) is 5.56 Å². The summed E-state index contributed by atoms with van der Waals surface area (Å²) in [5, 5.41) is 12.8. The van der Waals surface area contributed by atoms with Gasteiger partial charge in [-0.1, -0.05) is 18.2 Å². The number of nitro benzene ring substituents is 1. The lowest BCUT2D eigenvalue weighted by atomic mass is 10.2. The molecular weight excluding hydrogens is 270 g/mol. The van der Waals surface area contributed by atoms with E-state index in [0.717, 1.165) is 6.07 Å². The molecule has 7 heteroatoms. The second-order valence-electron chi connectivity index (χ2n) is 3.83. The Morgan fingerprint density at radius 1 is 1.10 bits per heavy atom. The van der Waals surface area contributed by atoms with E-state index < -0.39 is 33.8 Å². The number of rotatable bonds is 3. The van der Waals surface area contributed by atoms with E-state index in [1.165, 1.54) is 12.1 Å². The molecule has 0 heterocycles. The lowest BCUT2D eigenvalue weighted by molar-refractivity contribution is -0.384. The summed E-state index contributed by atoms with van der Waals surface area (Å²) < 4.78 is 26.7. The maximum absolute atomic E-state index is 13.6. The van der Waals surface area contributed by atoms with Gasteiger partial charge in [-0.2, -0.15) is 0 Å². The van der Waals surface area contributed by atoms with Crippen molar-refractivity contribution < 1.29 is 18.5 Å². The van der Waals surface area contributed by atoms with Crippen LogP contribution >= 0.6 is 0 Å². The second kappa shape index (κ2) is 5.43. The van der Waals surface area contributed by atoms with Crippen LogP contribution in [0.5, 0.6) is 0 Å². The Kier molecular flexibility index (Phi) is 3.69. The molecule has 1 amide bonds. The summed E-state index contributed by atoms with van der Waals surface area (Å²) >= 11 is 0. The molecule has 0 atom stereocenters. The first-order valence-corrected chi connectivity index (χ1v) is 5.49. The molecule has 0 saturated carbocycles. The third-order valence-corrected chi connectivity index (χ3v) is 2.54. The minimum absolute atomic E-state index is 0.172. The van der Waals surface area contributed by atoms with Gasteiger partial charge in [-0.3, -0.25) is 14.9 Å². The second-order valence-corrected chi connectivity index (χ2v) is 3.83. The van der Waals surface area contributed by atoms with Crippen LogP contribution in [0.4, 0.5) is 20.2 Å². The molecule has 1 N–H and O–H groups in total. The Labute approximate surface area is 112 Å². The fraction of sp³-hybridized carbons (Fsp3) is 0. The van der Waals surface area contributed by atoms with E-state index in [9.17, 15) is 23.7 Å². The van der Waals surface area contributed by atoms with Crippen molar-refractivity contribution in [2.24, 2.45) is 0 Å². The average Bonchev–Trinajstić information content (AvgIpc) is 2.44. The summed E-state index contributed by atoms with van der Waals surface area (Å²) in [6, 6.07) is 9.12. The zero-order chi connectivity index (χ0) is 14.7. The van der Waals surface area contributed by atoms with Crippen LogP contribution in [-0.4, -0.2) is 10.8 Å². The zero-order valence-corrected chi connectivity index (χ0v) is 9.97. The van der Waals surface area contributed by atoms with Gasteiger partial charge in [-0.15, -0.1) is 0 Å². The molecule has 2 aromatic rings. The summed E-state index contributed by atoms with van der Waals surface area (Å²) in [6.45, 7) is 0. The highest BCUT2D eigenvalue weighted by atomic mass is 19.2. The Hall–Kier alpha value is -2.83. The molecule has 0 fully saturated rings. The van der Waals surface area contributed by atoms with Gasteiger partial charge in [0, 0.05) is 11.6 Å². The normalized spacial score (nSPS) is 10.1. The van der Waals surface area contributed by atoms with Crippen molar-refractivity contribution in [1.82, 2.24) is 0 Å². The molecule has 0 saturated heterocycles. The van der Waals surface area contributed by atoms with Crippen LogP contribution < -0.4 is 5.32 Å². The predicted molar refractivity (Wildman–Crippen MR) is 67.4 cm³/mol. The van der Waals surface area contributed by atoms with E-state index in [0.29, 0.717) is 6.07 Å². The molecule has 0 aliphatic heterocycles. The first kappa shape index (κ1) is 13.6. The van der Waals surface area contributed by atoms with Crippen molar-refractivity contribution in [3.8, 4) is 0 Å². The summed E-state index contributed by atoms with van der Waals surface area (Å²) in [7, 11) is 0. The molecule has 5 nitrogen and oxygen atoms in total. The molecule has 0 aliphatic rings. The minimum Gasteiger partial charge on any atom is -0.314 e. The van der Waals surface area contributed by atoms with Gasteiger partial charge in [0.2, 0.25) is 0 Å². The van der Waals surface area contributed by atoms with Gasteiger partial charge in [0.1, 0.15) is 0 Å². The number of nitrogens with one attached hydrogen (secondary N) is 1. The van der Waals surface area contributed by atoms with Gasteiger partial charge in [-0.25, -0.2) is 8.78 Å². The number of hydrogen-bond acceptors (Lipinski definition) is 3. The molecule has 0 spiro atoms. The standard InChI is InChI=1S/C13H8F2N2O3/c14-9-6-7-10(17(19)20)12(11(9)15)16-13(18)8-4-2-1-3-5-8/h1-7H,(H,16,18). The molecule has 2 rings (SSSR count). The third kappa shape index (κ3) is 2.61. The monoisotopic (exact) mass is 278 g/mol. The zero-order valence-electron chi connectivity index (χ0n) is 9.97. The highest BCUT2D eigenvalue weighted by Gasteiger charge is 2.23. The highest BCUT2D eigenvalue weighted by Crippen LogP contribution is 2.29. The number of carbonyl (C=O) groups excluding carboxylic acids is 1. The quantitative estimate of drug-likeness (QED) is 0.692. The molecule has 102 valence electrons. The average molecular weight is 278 g/mol. The van der Waals surface area contributed by atoms with Crippen molar-refractivity contribution in [3.63, 3.8) is 0 Å². The fourth-order valence-corrected chi connectivity index (χ4v) is 1.59.